The summed E-state index contributed by atoms with van der Waals surface area (Å²) in [4.78, 5) is 9.05. The Bertz CT molecular complexity index is 5930. The molecule has 0 atom stereocenters. The van der Waals surface area contributed by atoms with Crippen LogP contribution in [0.5, 0.6) is 40.2 Å². The molecule has 0 aliphatic carbocycles. The lowest BCUT2D eigenvalue weighted by molar-refractivity contribution is -0.449. The Morgan fingerprint density at radius 1 is 0.282 bits per heavy atom. The average molecular weight is 1910 g/mol. The fourth-order valence-corrected chi connectivity index (χ4v) is 16.4. The molecule has 0 fully saturated rings. The Hall–Kier alpha value is -14.1. The van der Waals surface area contributed by atoms with Crippen LogP contribution in [0.15, 0.2) is 334 Å². The fraction of sp³-hybridized carbons (Fsp3) is 0.320. The van der Waals surface area contributed by atoms with E-state index >= 15 is 0 Å². The third-order valence-corrected chi connectivity index (χ3v) is 25.7. The van der Waals surface area contributed by atoms with Crippen LogP contribution in [-0.4, -0.2) is 81.0 Å². The van der Waals surface area contributed by atoms with Crippen molar-refractivity contribution in [1.82, 2.24) is 0 Å². The summed E-state index contributed by atoms with van der Waals surface area (Å²) < 4.78 is 23.3. The number of fused-ring (bicyclic) bond motifs is 3. The highest BCUT2D eigenvalue weighted by atomic mass is 16.5. The van der Waals surface area contributed by atoms with Gasteiger partial charge in [-0.15, -0.1) is 0 Å². The Morgan fingerprint density at radius 2 is 0.500 bits per heavy atom. The van der Waals surface area contributed by atoms with Gasteiger partial charge in [0.05, 0.1) is 16.7 Å². The summed E-state index contributed by atoms with van der Waals surface area (Å²) in [6.45, 7) is 70.7. The molecule has 4 N–H and O–H groups in total. The van der Waals surface area contributed by atoms with Crippen molar-refractivity contribution in [3.63, 3.8) is 0 Å². The van der Waals surface area contributed by atoms with Crippen LogP contribution in [0.4, 0.5) is 39.8 Å². The van der Waals surface area contributed by atoms with Crippen molar-refractivity contribution >= 4 is 60.0 Å². The number of benzene rings is 14. The fourth-order valence-electron chi connectivity index (χ4n) is 16.4. The third kappa shape index (κ3) is 31.4. The first-order valence-corrected chi connectivity index (χ1v) is 49.7. The molecule has 0 unspecified atom stereocenters. The van der Waals surface area contributed by atoms with Crippen molar-refractivity contribution < 1.29 is 49.8 Å². The van der Waals surface area contributed by atoms with Crippen LogP contribution < -0.4 is 33.8 Å². The summed E-state index contributed by atoms with van der Waals surface area (Å²) in [6.07, 6.45) is 0. The van der Waals surface area contributed by atoms with Gasteiger partial charge in [0.15, 0.2) is 39.8 Å². The van der Waals surface area contributed by atoms with Gasteiger partial charge in [0.25, 0.3) is 0 Å². The van der Waals surface area contributed by atoms with Gasteiger partial charge in [-0.3, -0.25) is 0 Å². The quantitative estimate of drug-likeness (QED) is 0.0545. The summed E-state index contributed by atoms with van der Waals surface area (Å²) in [5.41, 5.74) is 26.4. The molecule has 17 rings (SSSR count). The lowest BCUT2D eigenvalue weighted by Gasteiger charge is -2.32. The zero-order valence-corrected chi connectivity index (χ0v) is 88.8. The number of aryl methyl sites for hydroxylation is 1. The molecular weight excluding hydrogens is 1750 g/mol. The largest absolute Gasteiger partial charge is 1.00 e. The molecule has 0 spiro atoms. The van der Waals surface area contributed by atoms with Crippen LogP contribution in [0.3, 0.4) is 0 Å². The van der Waals surface area contributed by atoms with Gasteiger partial charge in [-0.25, -0.2) is 13.7 Å². The normalized spacial score (nSPS) is 12.8. The van der Waals surface area contributed by atoms with E-state index in [2.05, 4.69) is 375 Å². The standard InChI is InChI=1S/C20H27NO.6C18H21NO/c1-6-21(18-10-7-15(2)8-11-18)14-16-13-17(20(3,4)5)9-12-19(16)22;3*1-18(2,3)15-9-10-17-14(11-15)12-19(13-20-17)16-7-5-4-6-8-16;3*1-18(2,3)15-10-11-17(20)14(12-15)13-19(4)16-8-6-5-7-9-16/h7-13,22H,6,14H2,1-5H3;3*4-11H,12-13H2,1-3H3;3*5-12H,4,13H2,1-3H3/p+4. The molecule has 14 nitrogen and oxygen atoms in total. The predicted octanol–water partition coefficient (Wildman–Crippen LogP) is 30.9. The number of para-hydroxylation sites is 6. The lowest BCUT2D eigenvalue weighted by atomic mass is 9.86. The molecular formula is C128H157N7O7+4. The minimum absolute atomic E-state index is 0. The minimum atomic E-state index is 0. The molecule has 3 aliphatic heterocycles. The van der Waals surface area contributed by atoms with Crippen molar-refractivity contribution in [2.24, 2.45) is 0 Å². The topological polar surface area (TPSA) is 131 Å². The second-order valence-corrected chi connectivity index (χ2v) is 44.5. The Morgan fingerprint density at radius 3 is 0.739 bits per heavy atom. The summed E-state index contributed by atoms with van der Waals surface area (Å²) >= 11 is 0. The Labute approximate surface area is 851 Å². The van der Waals surface area contributed by atoms with Crippen LogP contribution in [0.2, 0.25) is 0 Å². The lowest BCUT2D eigenvalue weighted by Crippen LogP contribution is -2.32. The van der Waals surface area contributed by atoms with Crippen LogP contribution >= 0.6 is 0 Å². The average Bonchev–Trinajstić information content (AvgIpc) is 0.803. The number of nitrogens with zero attached hydrogens (tertiary/aromatic N) is 7. The first-order valence-electron chi connectivity index (χ1n) is 49.7. The molecule has 14 aromatic carbocycles. The number of hydrogen-bond donors (Lipinski definition) is 4. The van der Waals surface area contributed by atoms with E-state index in [0.29, 0.717) is 62.8 Å². The minimum Gasteiger partial charge on any atom is -0.508 e. The maximum atomic E-state index is 10.2. The zero-order chi connectivity index (χ0) is 103. The summed E-state index contributed by atoms with van der Waals surface area (Å²) in [7, 11) is 0. The van der Waals surface area contributed by atoms with E-state index in [0.717, 1.165) is 89.3 Å². The highest BCUT2D eigenvalue weighted by Gasteiger charge is 2.29. The third-order valence-electron chi connectivity index (χ3n) is 25.7. The first-order chi connectivity index (χ1) is 67.0. The summed E-state index contributed by atoms with van der Waals surface area (Å²) in [6, 6.07) is 113. The molecule has 0 bridgehead atoms. The van der Waals surface area contributed by atoms with Gasteiger partial charge < -0.3 is 54.2 Å². The smallest absolute Gasteiger partial charge is 0.508 e. The molecule has 742 valence electrons. The Kier molecular flexibility index (Phi) is 36.5. The Balaban J connectivity index is 0.000000171. The van der Waals surface area contributed by atoms with Gasteiger partial charge in [-0.2, -0.15) is 0 Å². The number of aromatic hydroxyl groups is 4. The molecule has 0 saturated carbocycles. The van der Waals surface area contributed by atoms with Gasteiger partial charge in [-0.1, -0.05) is 315 Å². The zero-order valence-electron chi connectivity index (χ0n) is 89.8. The van der Waals surface area contributed by atoms with Gasteiger partial charge in [0.1, 0.15) is 60.4 Å². The molecule has 14 aromatic rings. The molecule has 142 heavy (non-hydrogen) atoms. The van der Waals surface area contributed by atoms with Crippen LogP contribution in [0.1, 0.15) is 237 Å². The van der Waals surface area contributed by atoms with Crippen molar-refractivity contribution in [2.75, 3.05) is 46.3 Å². The van der Waals surface area contributed by atoms with Crippen molar-refractivity contribution in [3.8, 4) is 40.2 Å². The van der Waals surface area contributed by atoms with Gasteiger partial charge >= 0.3 is 1.43 Å². The molecule has 3 heterocycles. The van der Waals surface area contributed by atoms with Crippen molar-refractivity contribution in [2.45, 2.75) is 243 Å². The highest BCUT2D eigenvalue weighted by Crippen LogP contribution is 2.40. The maximum absolute atomic E-state index is 10.2. The van der Waals surface area contributed by atoms with E-state index in [1.807, 2.05) is 153 Å². The molecule has 0 radical (unpaired) electrons. The van der Waals surface area contributed by atoms with Gasteiger partial charge in [0.2, 0.25) is 17.1 Å². The first kappa shape index (κ1) is 108. The van der Waals surface area contributed by atoms with E-state index in [9.17, 15) is 20.4 Å². The van der Waals surface area contributed by atoms with Crippen molar-refractivity contribution in [1.29, 1.82) is 0 Å². The summed E-state index contributed by atoms with van der Waals surface area (Å²) in [5.74, 6) is 4.40. The number of phenols is 4. The van der Waals surface area contributed by atoms with E-state index in [1.54, 1.807) is 18.2 Å². The molecule has 0 aromatic heterocycles. The molecule has 0 amide bonds. The van der Waals surface area contributed by atoms with E-state index in [4.69, 9.17) is 14.2 Å². The SMILES string of the molecule is C=[N+](Cc1cc(C(C)(C)C)ccc1O)c1ccccc1.C=[N+](Cc1cc(C(C)(C)C)ccc1O)c1ccccc1.C=[N+](Cc1cc(C(C)(C)C)ccc1O)c1ccccc1.CC(C)(C)c1ccc2c(c1)CN(c1ccccc1)CO2.CC(C)(C)c1ccc2c(c1)CN(c1ccccc1)CO2.CC(C)(C)c1ccc2c(c1)CN(c1ccccc1)CO2.CCN(Cc1cc(C(C)(C)C)ccc1O)c1ccc(C)cc1.[H+]. The second kappa shape index (κ2) is 47.9. The number of rotatable bonds is 16. The van der Waals surface area contributed by atoms with Crippen LogP contribution in [0, 0.1) is 6.92 Å². The molecule has 0 saturated heterocycles. The van der Waals surface area contributed by atoms with Gasteiger partial charge in [0, 0.05) is 114 Å². The van der Waals surface area contributed by atoms with Crippen LogP contribution in [-0.2, 0) is 83.7 Å². The molecule has 14 heteroatoms. The van der Waals surface area contributed by atoms with E-state index in [-0.39, 0.29) is 39.3 Å². The summed E-state index contributed by atoms with van der Waals surface area (Å²) in [5, 5.41) is 40.3. The number of hydrogen-bond acceptors (Lipinski definition) is 11. The second-order valence-electron chi connectivity index (χ2n) is 44.5. The maximum Gasteiger partial charge on any atom is 1.00 e. The predicted molar refractivity (Wildman–Crippen MR) is 598 cm³/mol. The number of phenolic OH excluding ortho intramolecular Hbond substituents is 4. The number of anilines is 4. The van der Waals surface area contributed by atoms with E-state index < -0.39 is 0 Å². The monoisotopic (exact) mass is 1900 g/mol. The van der Waals surface area contributed by atoms with E-state index in [1.165, 1.54) is 83.9 Å². The van der Waals surface area contributed by atoms with Crippen LogP contribution in [0.25, 0.3) is 0 Å². The van der Waals surface area contributed by atoms with Crippen molar-refractivity contribution in [3.05, 3.63) is 417 Å². The highest BCUT2D eigenvalue weighted by molar-refractivity contribution is 5.57. The molecule has 3 aliphatic rings. The number of ether oxygens (including phenoxy) is 3. The van der Waals surface area contributed by atoms with Gasteiger partial charge in [-0.05, 0) is 224 Å².